The number of rotatable bonds is 5. The fraction of sp³-hybridized carbons (Fsp3) is 0.115. The first-order chi connectivity index (χ1) is 15.2. The molecule has 1 aliphatic heterocycles. The van der Waals surface area contributed by atoms with E-state index in [-0.39, 0.29) is 24.1 Å². The summed E-state index contributed by atoms with van der Waals surface area (Å²) in [7, 11) is 0. The maximum Gasteiger partial charge on any atom is 0.222 e. The molecule has 0 spiro atoms. The van der Waals surface area contributed by atoms with Crippen molar-refractivity contribution in [3.8, 4) is 5.75 Å². The lowest BCUT2D eigenvalue weighted by Gasteiger charge is -2.09. The standard InChI is InChI=1S/C26H19F2NO2/c27-22-6-3-7-23(28)25(22)26-29-24(16-31-26)19-10-12-21(13-11-19)30-15-17-8-9-18-4-1-2-5-20(18)14-17/h1-14,24H,15-16H2. The van der Waals surface area contributed by atoms with Gasteiger partial charge in [-0.15, -0.1) is 0 Å². The van der Waals surface area contributed by atoms with Crippen molar-refractivity contribution in [2.75, 3.05) is 6.61 Å². The molecule has 1 heterocycles. The number of halogens is 2. The summed E-state index contributed by atoms with van der Waals surface area (Å²) >= 11 is 0. The predicted octanol–water partition coefficient (Wildman–Crippen LogP) is 6.22. The van der Waals surface area contributed by atoms with Crippen LogP contribution in [0.4, 0.5) is 8.78 Å². The van der Waals surface area contributed by atoms with Gasteiger partial charge in [-0.2, -0.15) is 0 Å². The van der Waals surface area contributed by atoms with Crippen LogP contribution in [0.15, 0.2) is 89.9 Å². The van der Waals surface area contributed by atoms with E-state index >= 15 is 0 Å². The largest absolute Gasteiger partial charge is 0.489 e. The third-order valence-electron chi connectivity index (χ3n) is 5.31. The van der Waals surface area contributed by atoms with E-state index in [1.165, 1.54) is 29.0 Å². The summed E-state index contributed by atoms with van der Waals surface area (Å²) in [5.74, 6) is -0.633. The van der Waals surface area contributed by atoms with Gasteiger partial charge in [0.1, 0.15) is 42.2 Å². The van der Waals surface area contributed by atoms with E-state index in [1.807, 2.05) is 36.4 Å². The van der Waals surface area contributed by atoms with Crippen molar-refractivity contribution in [2.45, 2.75) is 12.6 Å². The molecule has 1 atom stereocenters. The molecule has 0 saturated carbocycles. The number of ether oxygens (including phenoxy) is 2. The Morgan fingerprint density at radius 3 is 2.35 bits per heavy atom. The molecule has 0 radical (unpaired) electrons. The van der Waals surface area contributed by atoms with Crippen LogP contribution in [-0.2, 0) is 11.3 Å². The second kappa shape index (κ2) is 8.19. The van der Waals surface area contributed by atoms with Gasteiger partial charge in [-0.25, -0.2) is 13.8 Å². The second-order valence-electron chi connectivity index (χ2n) is 7.40. The van der Waals surface area contributed by atoms with Crippen LogP contribution in [0.1, 0.15) is 22.7 Å². The van der Waals surface area contributed by atoms with E-state index in [0.29, 0.717) is 6.61 Å². The molecule has 0 N–H and O–H groups in total. The van der Waals surface area contributed by atoms with Gasteiger partial charge in [0.15, 0.2) is 0 Å². The monoisotopic (exact) mass is 415 g/mol. The zero-order chi connectivity index (χ0) is 21.2. The number of nitrogens with zero attached hydrogens (tertiary/aromatic N) is 1. The van der Waals surface area contributed by atoms with Crippen molar-refractivity contribution in [2.24, 2.45) is 4.99 Å². The molecule has 0 aromatic heterocycles. The minimum atomic E-state index is -0.683. The Balaban J connectivity index is 1.27. The highest BCUT2D eigenvalue weighted by atomic mass is 19.1. The van der Waals surface area contributed by atoms with Gasteiger partial charge in [-0.05, 0) is 52.2 Å². The molecule has 0 saturated heterocycles. The van der Waals surface area contributed by atoms with Crippen LogP contribution in [0.5, 0.6) is 5.75 Å². The highest BCUT2D eigenvalue weighted by Crippen LogP contribution is 2.28. The molecule has 5 rings (SSSR count). The zero-order valence-corrected chi connectivity index (χ0v) is 16.6. The first-order valence-electron chi connectivity index (χ1n) is 10.0. The van der Waals surface area contributed by atoms with Gasteiger partial charge in [0.05, 0.1) is 0 Å². The van der Waals surface area contributed by atoms with Gasteiger partial charge in [-0.3, -0.25) is 0 Å². The first kappa shape index (κ1) is 19.2. The van der Waals surface area contributed by atoms with E-state index in [2.05, 4.69) is 35.3 Å². The smallest absolute Gasteiger partial charge is 0.222 e. The fourth-order valence-electron chi connectivity index (χ4n) is 3.66. The van der Waals surface area contributed by atoms with E-state index in [1.54, 1.807) is 0 Å². The van der Waals surface area contributed by atoms with Gasteiger partial charge < -0.3 is 9.47 Å². The van der Waals surface area contributed by atoms with E-state index in [4.69, 9.17) is 9.47 Å². The first-order valence-corrected chi connectivity index (χ1v) is 10.0. The summed E-state index contributed by atoms with van der Waals surface area (Å²) in [6.45, 7) is 0.700. The van der Waals surface area contributed by atoms with Gasteiger partial charge in [0.25, 0.3) is 0 Å². The van der Waals surface area contributed by atoms with Crippen LogP contribution in [0.2, 0.25) is 0 Å². The van der Waals surface area contributed by atoms with Crippen LogP contribution in [0, 0.1) is 11.6 Å². The van der Waals surface area contributed by atoms with Crippen LogP contribution in [0.3, 0.4) is 0 Å². The van der Waals surface area contributed by atoms with Crippen molar-refractivity contribution >= 4 is 16.7 Å². The molecule has 1 aliphatic rings. The van der Waals surface area contributed by atoms with Crippen LogP contribution < -0.4 is 4.74 Å². The summed E-state index contributed by atoms with van der Waals surface area (Å²) in [6, 6.07) is 25.4. The lowest BCUT2D eigenvalue weighted by molar-refractivity contribution is 0.305. The Morgan fingerprint density at radius 1 is 0.839 bits per heavy atom. The molecule has 0 aliphatic carbocycles. The van der Waals surface area contributed by atoms with Gasteiger partial charge in [0.2, 0.25) is 5.90 Å². The minimum Gasteiger partial charge on any atom is -0.489 e. The molecule has 4 aromatic carbocycles. The SMILES string of the molecule is Fc1cccc(F)c1C1=NC(c2ccc(OCc3ccc4ccccc4c3)cc2)CO1. The van der Waals surface area contributed by atoms with E-state index in [0.717, 1.165) is 16.9 Å². The maximum atomic E-state index is 14.0. The second-order valence-corrected chi connectivity index (χ2v) is 7.40. The number of aliphatic imine (C=N–C) groups is 1. The number of benzene rings is 4. The van der Waals surface area contributed by atoms with Crippen LogP contribution in [-0.4, -0.2) is 12.5 Å². The number of hydrogen-bond acceptors (Lipinski definition) is 3. The summed E-state index contributed by atoms with van der Waals surface area (Å²) in [5, 5.41) is 2.38. The third-order valence-corrected chi connectivity index (χ3v) is 5.31. The summed E-state index contributed by atoms with van der Waals surface area (Å²) in [4.78, 5) is 4.38. The van der Waals surface area contributed by atoms with Crippen molar-refractivity contribution in [3.05, 3.63) is 113 Å². The van der Waals surface area contributed by atoms with Gasteiger partial charge in [-0.1, -0.05) is 54.6 Å². The van der Waals surface area contributed by atoms with Crippen LogP contribution >= 0.6 is 0 Å². The Kier molecular flexibility index (Phi) is 5.08. The Hall–Kier alpha value is -3.73. The Bertz CT molecular complexity index is 1250. The third kappa shape index (κ3) is 3.99. The normalized spacial score (nSPS) is 15.5. The van der Waals surface area contributed by atoms with Gasteiger partial charge in [0, 0.05) is 0 Å². The van der Waals surface area contributed by atoms with E-state index < -0.39 is 11.6 Å². The molecule has 0 bridgehead atoms. The van der Waals surface area contributed by atoms with Crippen molar-refractivity contribution < 1.29 is 18.3 Å². The topological polar surface area (TPSA) is 30.8 Å². The molecule has 0 fully saturated rings. The molecule has 4 aromatic rings. The molecule has 0 amide bonds. The molecule has 154 valence electrons. The average Bonchev–Trinajstić information content (AvgIpc) is 3.27. The Morgan fingerprint density at radius 2 is 1.58 bits per heavy atom. The number of hydrogen-bond donors (Lipinski definition) is 0. The molecule has 5 heteroatoms. The average molecular weight is 415 g/mol. The van der Waals surface area contributed by atoms with Crippen molar-refractivity contribution in [1.29, 1.82) is 0 Å². The molecular weight excluding hydrogens is 396 g/mol. The zero-order valence-electron chi connectivity index (χ0n) is 16.6. The fourth-order valence-corrected chi connectivity index (χ4v) is 3.66. The summed E-state index contributed by atoms with van der Waals surface area (Å²) < 4.78 is 39.3. The lowest BCUT2D eigenvalue weighted by Crippen LogP contribution is -2.07. The minimum absolute atomic E-state index is 0.00256. The van der Waals surface area contributed by atoms with Crippen molar-refractivity contribution in [3.63, 3.8) is 0 Å². The molecule has 1 unspecified atom stereocenters. The quantitative estimate of drug-likeness (QED) is 0.388. The Labute approximate surface area is 178 Å². The molecule has 31 heavy (non-hydrogen) atoms. The highest BCUT2D eigenvalue weighted by molar-refractivity contribution is 5.95. The van der Waals surface area contributed by atoms with E-state index in [9.17, 15) is 8.78 Å². The molecule has 3 nitrogen and oxygen atoms in total. The lowest BCUT2D eigenvalue weighted by atomic mass is 10.1. The summed E-state index contributed by atoms with van der Waals surface area (Å²) in [5.41, 5.74) is 1.76. The summed E-state index contributed by atoms with van der Waals surface area (Å²) in [6.07, 6.45) is 0. The number of fused-ring (bicyclic) bond motifs is 1. The molecular formula is C26H19F2NO2. The van der Waals surface area contributed by atoms with Crippen LogP contribution in [0.25, 0.3) is 10.8 Å². The highest BCUT2D eigenvalue weighted by Gasteiger charge is 2.26. The van der Waals surface area contributed by atoms with Crippen molar-refractivity contribution in [1.82, 2.24) is 0 Å². The maximum absolute atomic E-state index is 14.0. The predicted molar refractivity (Wildman–Crippen MR) is 116 cm³/mol. The van der Waals surface area contributed by atoms with Gasteiger partial charge >= 0.3 is 0 Å².